The van der Waals surface area contributed by atoms with Crippen LogP contribution in [-0.4, -0.2) is 30.5 Å². The molecular formula is C8H19N2P. The fourth-order valence-corrected chi connectivity index (χ4v) is 1.33. The molecule has 0 aromatic heterocycles. The maximum absolute atomic E-state index is 4.43. The summed E-state index contributed by atoms with van der Waals surface area (Å²) in [5, 5.41) is 0. The first-order chi connectivity index (χ1) is 5.22. The van der Waals surface area contributed by atoms with Gasteiger partial charge in [0.2, 0.25) is 0 Å². The van der Waals surface area contributed by atoms with E-state index in [2.05, 4.69) is 37.5 Å². The summed E-state index contributed by atoms with van der Waals surface area (Å²) in [5.74, 6) is 1.17. The topological polar surface area (TPSA) is 15.6 Å². The third-order valence-electron chi connectivity index (χ3n) is 1.51. The van der Waals surface area contributed by atoms with E-state index in [-0.39, 0.29) is 0 Å². The predicted octanol–water partition coefficient (Wildman–Crippen LogP) is 2.36. The molecule has 66 valence electrons. The third-order valence-corrected chi connectivity index (χ3v) is 2.31. The van der Waals surface area contributed by atoms with Crippen LogP contribution < -0.4 is 0 Å². The van der Waals surface area contributed by atoms with Crippen LogP contribution in [0.25, 0.3) is 0 Å². The van der Waals surface area contributed by atoms with Crippen molar-refractivity contribution in [1.82, 2.24) is 4.90 Å². The minimum atomic E-state index is 0.739. The van der Waals surface area contributed by atoms with Crippen LogP contribution >= 0.6 is 8.73 Å². The molecule has 0 rings (SSSR count). The van der Waals surface area contributed by atoms with Crippen molar-refractivity contribution in [2.24, 2.45) is 4.76 Å². The molecule has 0 heterocycles. The molecule has 0 aromatic rings. The summed E-state index contributed by atoms with van der Waals surface area (Å²) in [7, 11) is 2.84. The maximum atomic E-state index is 4.43. The molecule has 0 amide bonds. The minimum absolute atomic E-state index is 0.739. The lowest BCUT2D eigenvalue weighted by Gasteiger charge is -2.16. The lowest BCUT2D eigenvalue weighted by molar-refractivity contribution is 0.499. The van der Waals surface area contributed by atoms with E-state index < -0.39 is 0 Å². The van der Waals surface area contributed by atoms with E-state index in [1.807, 2.05) is 0 Å². The molecule has 0 aromatic carbocycles. The van der Waals surface area contributed by atoms with E-state index in [1.54, 1.807) is 0 Å². The van der Waals surface area contributed by atoms with Gasteiger partial charge in [-0.15, -0.1) is 0 Å². The summed E-state index contributed by atoms with van der Waals surface area (Å²) >= 11 is 0. The summed E-state index contributed by atoms with van der Waals surface area (Å²) in [6.07, 6.45) is 2.36. The van der Waals surface area contributed by atoms with Crippen LogP contribution in [0, 0.1) is 0 Å². The second-order valence-electron chi connectivity index (χ2n) is 2.59. The molecule has 2 nitrogen and oxygen atoms in total. The van der Waals surface area contributed by atoms with E-state index in [0.29, 0.717) is 0 Å². The Hall–Kier alpha value is -0.100. The summed E-state index contributed by atoms with van der Waals surface area (Å²) in [4.78, 5) is 2.21. The van der Waals surface area contributed by atoms with E-state index in [0.717, 1.165) is 21.4 Å². The number of hydrogen-bond donors (Lipinski definition) is 0. The quantitative estimate of drug-likeness (QED) is 0.363. The highest BCUT2D eigenvalue weighted by Gasteiger charge is 1.96. The Bertz CT molecular complexity index is 123. The van der Waals surface area contributed by atoms with Gasteiger partial charge >= 0.3 is 0 Å². The number of hydrogen-bond acceptors (Lipinski definition) is 1. The zero-order valence-corrected chi connectivity index (χ0v) is 9.02. The SMILES string of the molecule is CCCN(C)/C(C)=N/PCC. The van der Waals surface area contributed by atoms with Gasteiger partial charge in [-0.25, -0.2) is 0 Å². The molecule has 0 saturated heterocycles. The van der Waals surface area contributed by atoms with E-state index in [4.69, 9.17) is 0 Å². The molecule has 0 radical (unpaired) electrons. The van der Waals surface area contributed by atoms with Crippen molar-refractivity contribution in [3.63, 3.8) is 0 Å². The Morgan fingerprint density at radius 2 is 2.09 bits per heavy atom. The van der Waals surface area contributed by atoms with Crippen molar-refractivity contribution in [2.75, 3.05) is 19.8 Å². The normalized spacial score (nSPS) is 12.9. The minimum Gasteiger partial charge on any atom is -0.363 e. The van der Waals surface area contributed by atoms with E-state index in [1.165, 1.54) is 12.3 Å². The lowest BCUT2D eigenvalue weighted by Crippen LogP contribution is -2.24. The van der Waals surface area contributed by atoms with Crippen molar-refractivity contribution >= 4 is 14.6 Å². The second-order valence-corrected chi connectivity index (χ2v) is 3.84. The average Bonchev–Trinajstić information content (AvgIpc) is 2.00. The molecular weight excluding hydrogens is 155 g/mol. The summed E-state index contributed by atoms with van der Waals surface area (Å²) < 4.78 is 4.43. The highest BCUT2D eigenvalue weighted by molar-refractivity contribution is 7.36. The number of rotatable bonds is 4. The van der Waals surface area contributed by atoms with Gasteiger partial charge in [-0.2, -0.15) is 0 Å². The van der Waals surface area contributed by atoms with Gasteiger partial charge in [0.1, 0.15) is 0 Å². The standard InChI is InChI=1S/C8H19N2P/c1-5-7-10(4)8(3)9-11-6-2/h11H,5-7H2,1-4H3/b9-8+. The van der Waals surface area contributed by atoms with Crippen molar-refractivity contribution in [1.29, 1.82) is 0 Å². The molecule has 0 saturated carbocycles. The van der Waals surface area contributed by atoms with Crippen LogP contribution in [0.2, 0.25) is 0 Å². The summed E-state index contributed by atoms with van der Waals surface area (Å²) in [6, 6.07) is 0. The maximum Gasteiger partial charge on any atom is 0.0992 e. The molecule has 1 unspecified atom stereocenters. The van der Waals surface area contributed by atoms with E-state index in [9.17, 15) is 0 Å². The molecule has 11 heavy (non-hydrogen) atoms. The average molecular weight is 174 g/mol. The molecule has 0 N–H and O–H groups in total. The summed E-state index contributed by atoms with van der Waals surface area (Å²) in [6.45, 7) is 7.54. The fourth-order valence-electron chi connectivity index (χ4n) is 0.776. The zero-order chi connectivity index (χ0) is 8.69. The zero-order valence-electron chi connectivity index (χ0n) is 8.02. The first-order valence-corrected chi connectivity index (χ1v) is 5.36. The fraction of sp³-hybridized carbons (Fsp3) is 0.875. The van der Waals surface area contributed by atoms with E-state index >= 15 is 0 Å². The Kier molecular flexibility index (Phi) is 6.54. The highest BCUT2D eigenvalue weighted by Crippen LogP contribution is 2.10. The number of nitrogens with zero attached hydrogens (tertiary/aromatic N) is 2. The monoisotopic (exact) mass is 174 g/mol. The van der Waals surface area contributed by atoms with Gasteiger partial charge in [-0.05, 0) is 19.5 Å². The Morgan fingerprint density at radius 3 is 2.55 bits per heavy atom. The predicted molar refractivity (Wildman–Crippen MR) is 54.9 cm³/mol. The molecule has 0 fully saturated rings. The number of amidine groups is 1. The largest absolute Gasteiger partial charge is 0.363 e. The van der Waals surface area contributed by atoms with Gasteiger partial charge < -0.3 is 4.90 Å². The Labute approximate surface area is 71.9 Å². The molecule has 0 bridgehead atoms. The molecule has 0 aliphatic carbocycles. The smallest absolute Gasteiger partial charge is 0.0992 e. The van der Waals surface area contributed by atoms with Crippen molar-refractivity contribution in [2.45, 2.75) is 27.2 Å². The first kappa shape index (κ1) is 10.9. The van der Waals surface area contributed by atoms with Crippen LogP contribution in [0.3, 0.4) is 0 Å². The lowest BCUT2D eigenvalue weighted by atomic mass is 10.4. The highest BCUT2D eigenvalue weighted by atomic mass is 31.1. The summed E-state index contributed by atoms with van der Waals surface area (Å²) in [5.41, 5.74) is 0. The van der Waals surface area contributed by atoms with Crippen LogP contribution in [0.5, 0.6) is 0 Å². The van der Waals surface area contributed by atoms with Crippen molar-refractivity contribution < 1.29 is 0 Å². The van der Waals surface area contributed by atoms with Crippen LogP contribution in [0.4, 0.5) is 0 Å². The van der Waals surface area contributed by atoms with Crippen LogP contribution in [-0.2, 0) is 0 Å². The molecule has 1 atom stereocenters. The van der Waals surface area contributed by atoms with Crippen LogP contribution in [0.1, 0.15) is 27.2 Å². The molecule has 3 heteroatoms. The molecule has 0 spiro atoms. The van der Waals surface area contributed by atoms with Crippen molar-refractivity contribution in [3.05, 3.63) is 0 Å². The second kappa shape index (κ2) is 6.60. The Morgan fingerprint density at radius 1 is 1.45 bits per heavy atom. The first-order valence-electron chi connectivity index (χ1n) is 4.20. The van der Waals surface area contributed by atoms with Crippen LogP contribution in [0.15, 0.2) is 4.76 Å². The molecule has 0 aliphatic heterocycles. The molecule has 0 aliphatic rings. The Balaban J connectivity index is 3.69. The van der Waals surface area contributed by atoms with Gasteiger partial charge in [0.15, 0.2) is 0 Å². The third kappa shape index (κ3) is 5.20. The van der Waals surface area contributed by atoms with Gasteiger partial charge in [0.25, 0.3) is 0 Å². The van der Waals surface area contributed by atoms with Crippen molar-refractivity contribution in [3.8, 4) is 0 Å². The van der Waals surface area contributed by atoms with Gasteiger partial charge in [-0.3, -0.25) is 4.76 Å². The van der Waals surface area contributed by atoms with Gasteiger partial charge in [-0.1, -0.05) is 13.8 Å². The van der Waals surface area contributed by atoms with Gasteiger partial charge in [0, 0.05) is 22.3 Å². The van der Waals surface area contributed by atoms with Gasteiger partial charge in [0.05, 0.1) is 5.84 Å².